The first kappa shape index (κ1) is 24.1. The Labute approximate surface area is 215 Å². The van der Waals surface area contributed by atoms with E-state index in [0.717, 1.165) is 75.6 Å². The molecule has 0 bridgehead atoms. The Morgan fingerprint density at radius 1 is 1.16 bits per heavy atom. The number of methoxy groups -OCH3 is 1. The summed E-state index contributed by atoms with van der Waals surface area (Å²) in [6.45, 7) is 10.4. The molecular weight excluding hydrogens is 473 g/mol. The van der Waals surface area contributed by atoms with Gasteiger partial charge < -0.3 is 19.4 Å². The topological polar surface area (TPSA) is 83.8 Å². The first-order valence-corrected chi connectivity index (χ1v) is 13.2. The van der Waals surface area contributed by atoms with E-state index in [1.807, 2.05) is 12.3 Å². The van der Waals surface area contributed by atoms with Crippen molar-refractivity contribution >= 4 is 22.4 Å². The molecule has 2 fully saturated rings. The van der Waals surface area contributed by atoms with E-state index < -0.39 is 0 Å². The predicted octanol–water partition coefficient (Wildman–Crippen LogP) is 4.09. The van der Waals surface area contributed by atoms with Gasteiger partial charge in [-0.2, -0.15) is 5.10 Å². The molecular formula is C27H34FN7O2. The van der Waals surface area contributed by atoms with Crippen LogP contribution in [0.15, 0.2) is 24.8 Å². The van der Waals surface area contributed by atoms with Crippen molar-refractivity contribution in [1.82, 2.24) is 29.5 Å². The maximum Gasteiger partial charge on any atom is 0.197 e. The van der Waals surface area contributed by atoms with Gasteiger partial charge in [-0.15, -0.1) is 0 Å². The average Bonchev–Trinajstić information content (AvgIpc) is 3.55. The van der Waals surface area contributed by atoms with Crippen molar-refractivity contribution in [2.75, 3.05) is 57.9 Å². The molecule has 0 amide bonds. The molecule has 2 saturated heterocycles. The summed E-state index contributed by atoms with van der Waals surface area (Å²) in [5.74, 6) is 1.59. The van der Waals surface area contributed by atoms with Gasteiger partial charge in [0.1, 0.15) is 6.33 Å². The zero-order valence-electron chi connectivity index (χ0n) is 21.7. The molecule has 0 unspecified atom stereocenters. The summed E-state index contributed by atoms with van der Waals surface area (Å²) in [5.41, 5.74) is 3.96. The van der Waals surface area contributed by atoms with Crippen molar-refractivity contribution in [3.8, 4) is 17.0 Å². The Morgan fingerprint density at radius 3 is 2.68 bits per heavy atom. The van der Waals surface area contributed by atoms with Crippen LogP contribution < -0.4 is 9.64 Å². The number of aromatic amines is 1. The zero-order chi connectivity index (χ0) is 25.5. The van der Waals surface area contributed by atoms with Crippen LogP contribution in [0.2, 0.25) is 0 Å². The van der Waals surface area contributed by atoms with Crippen molar-refractivity contribution in [1.29, 1.82) is 0 Å². The molecule has 37 heavy (non-hydrogen) atoms. The van der Waals surface area contributed by atoms with Crippen molar-refractivity contribution in [3.63, 3.8) is 0 Å². The van der Waals surface area contributed by atoms with Gasteiger partial charge in [-0.25, -0.2) is 18.9 Å². The van der Waals surface area contributed by atoms with Crippen LogP contribution in [0.3, 0.4) is 0 Å². The molecule has 0 saturated carbocycles. The van der Waals surface area contributed by atoms with E-state index in [1.54, 1.807) is 17.8 Å². The van der Waals surface area contributed by atoms with Crippen LogP contribution >= 0.6 is 0 Å². The van der Waals surface area contributed by atoms with Crippen LogP contribution in [0.1, 0.15) is 38.2 Å². The quantitative estimate of drug-likeness (QED) is 0.421. The fourth-order valence-corrected chi connectivity index (χ4v) is 5.81. The van der Waals surface area contributed by atoms with Gasteiger partial charge in [-0.1, -0.05) is 13.8 Å². The van der Waals surface area contributed by atoms with Crippen LogP contribution in [0, 0.1) is 11.7 Å². The van der Waals surface area contributed by atoms with E-state index in [9.17, 15) is 0 Å². The molecule has 0 radical (unpaired) electrons. The molecule has 0 aromatic carbocycles. The maximum atomic E-state index is 16.2. The van der Waals surface area contributed by atoms with Crippen molar-refractivity contribution in [3.05, 3.63) is 36.2 Å². The second-order valence-corrected chi connectivity index (χ2v) is 10.4. The van der Waals surface area contributed by atoms with Crippen molar-refractivity contribution in [2.45, 2.75) is 32.6 Å². The van der Waals surface area contributed by atoms with Crippen LogP contribution in [0.5, 0.6) is 5.75 Å². The third-order valence-electron chi connectivity index (χ3n) is 7.76. The van der Waals surface area contributed by atoms with Gasteiger partial charge in [0.15, 0.2) is 23.0 Å². The summed E-state index contributed by atoms with van der Waals surface area (Å²) in [6, 6.07) is 1.92. The number of anilines is 1. The van der Waals surface area contributed by atoms with Gasteiger partial charge >= 0.3 is 0 Å². The fraction of sp³-hybridized carbons (Fsp3) is 0.519. The number of hydrogen-bond acceptors (Lipinski definition) is 7. The molecule has 1 N–H and O–H groups in total. The largest absolute Gasteiger partial charge is 0.493 e. The highest BCUT2D eigenvalue weighted by Gasteiger charge is 2.27. The van der Waals surface area contributed by atoms with Gasteiger partial charge in [0.2, 0.25) is 0 Å². The molecule has 2 aliphatic rings. The van der Waals surface area contributed by atoms with Crippen molar-refractivity contribution < 1.29 is 13.9 Å². The number of fused-ring (bicyclic) bond motifs is 2. The number of ether oxygens (including phenoxy) is 2. The number of H-pyrrole nitrogens is 1. The maximum absolute atomic E-state index is 16.2. The first-order chi connectivity index (χ1) is 18.0. The Morgan fingerprint density at radius 2 is 1.95 bits per heavy atom. The monoisotopic (exact) mass is 507 g/mol. The lowest BCUT2D eigenvalue weighted by molar-refractivity contribution is 0.0517. The first-order valence-electron chi connectivity index (χ1n) is 13.2. The molecule has 6 heterocycles. The van der Waals surface area contributed by atoms with E-state index in [2.05, 4.69) is 43.7 Å². The Hall–Kier alpha value is -3.24. The number of nitrogens with zero attached hydrogens (tertiary/aromatic N) is 6. The van der Waals surface area contributed by atoms with Crippen LogP contribution in [-0.2, 0) is 4.74 Å². The van der Waals surface area contributed by atoms with E-state index in [4.69, 9.17) is 9.47 Å². The fourth-order valence-electron chi connectivity index (χ4n) is 5.81. The van der Waals surface area contributed by atoms with Gasteiger partial charge in [-0.3, -0.25) is 4.90 Å². The van der Waals surface area contributed by atoms with Gasteiger partial charge in [0.05, 0.1) is 24.5 Å². The van der Waals surface area contributed by atoms with Gasteiger partial charge in [-0.05, 0) is 36.3 Å². The normalized spacial score (nSPS) is 17.9. The third kappa shape index (κ3) is 4.42. The second kappa shape index (κ2) is 9.90. The highest BCUT2D eigenvalue weighted by molar-refractivity contribution is 5.93. The lowest BCUT2D eigenvalue weighted by Crippen LogP contribution is -2.48. The molecule has 0 spiro atoms. The lowest BCUT2D eigenvalue weighted by Gasteiger charge is -2.37. The molecule has 6 rings (SSSR count). The molecule has 10 heteroatoms. The number of pyridine rings is 2. The zero-order valence-corrected chi connectivity index (χ0v) is 21.7. The summed E-state index contributed by atoms with van der Waals surface area (Å²) >= 11 is 0. The van der Waals surface area contributed by atoms with Gasteiger partial charge in [0.25, 0.3) is 0 Å². The molecule has 196 valence electrons. The average molecular weight is 508 g/mol. The number of rotatable bonds is 6. The molecule has 4 aromatic rings. The van der Waals surface area contributed by atoms with E-state index >= 15 is 4.39 Å². The summed E-state index contributed by atoms with van der Waals surface area (Å²) in [6.07, 6.45) is 7.43. The molecule has 0 aliphatic carbocycles. The molecule has 0 atom stereocenters. The van der Waals surface area contributed by atoms with Crippen molar-refractivity contribution in [2.24, 2.45) is 5.92 Å². The molecule has 9 nitrogen and oxygen atoms in total. The number of piperazine rings is 1. The highest BCUT2D eigenvalue weighted by Crippen LogP contribution is 2.40. The minimum Gasteiger partial charge on any atom is -0.493 e. The smallest absolute Gasteiger partial charge is 0.197 e. The summed E-state index contributed by atoms with van der Waals surface area (Å²) in [4.78, 5) is 16.9. The summed E-state index contributed by atoms with van der Waals surface area (Å²) in [7, 11) is 1.61. The Balaban J connectivity index is 1.31. The van der Waals surface area contributed by atoms with Crippen LogP contribution in [-0.4, -0.2) is 82.5 Å². The summed E-state index contributed by atoms with van der Waals surface area (Å²) < 4.78 is 29.0. The number of aromatic nitrogens is 5. The molecule has 2 aliphatic heterocycles. The SMILES string of the molecule is COc1cc(-c2[nH]c3cnc(N4CCN(CC5CCOCC5)CC4)c(F)c3c2C(C)C)cn2ncnc12. The standard InChI is InChI=1S/C27H34FN7O2/c1-17(2)22-23-20(32-25(22)19-12-21(36-3)26-30-16-31-35(26)15-19)13-29-27(24(23)28)34-8-6-33(7-9-34)14-18-4-10-37-11-5-18/h12-13,15-18,32H,4-11,14H2,1-3H3. The summed E-state index contributed by atoms with van der Waals surface area (Å²) in [5, 5.41) is 4.89. The third-order valence-corrected chi connectivity index (χ3v) is 7.76. The van der Waals surface area contributed by atoms with Crippen LogP contribution in [0.25, 0.3) is 27.8 Å². The highest BCUT2D eigenvalue weighted by atomic mass is 19.1. The van der Waals surface area contributed by atoms with E-state index in [1.165, 1.54) is 6.33 Å². The van der Waals surface area contributed by atoms with Gasteiger partial charge in [0, 0.05) is 63.1 Å². The minimum absolute atomic E-state index is 0.0854. The number of hydrogen-bond donors (Lipinski definition) is 1. The Kier molecular flexibility index (Phi) is 6.46. The predicted molar refractivity (Wildman–Crippen MR) is 141 cm³/mol. The minimum atomic E-state index is -0.254. The Bertz CT molecular complexity index is 1400. The molecule has 4 aromatic heterocycles. The van der Waals surface area contributed by atoms with Crippen LogP contribution in [0.4, 0.5) is 10.2 Å². The van der Waals surface area contributed by atoms with E-state index in [-0.39, 0.29) is 11.7 Å². The second-order valence-electron chi connectivity index (χ2n) is 10.4. The lowest BCUT2D eigenvalue weighted by atomic mass is 9.96. The number of nitrogens with one attached hydrogen (secondary N) is 1. The number of halogens is 1. The van der Waals surface area contributed by atoms with E-state index in [0.29, 0.717) is 34.0 Å².